The summed E-state index contributed by atoms with van der Waals surface area (Å²) in [5.41, 5.74) is 0.622. The molecule has 2 rings (SSSR count). The molecule has 6 heteroatoms. The number of piperidine rings is 1. The maximum atomic E-state index is 11.0. The Kier molecular flexibility index (Phi) is 3.87. The molecule has 18 heavy (non-hydrogen) atoms. The van der Waals surface area contributed by atoms with E-state index in [0.29, 0.717) is 16.6 Å². The average molecular weight is 269 g/mol. The standard InChI is InChI=1S/C12H19N3O2S/c1-8-10(11(16)17)18-12(13-8)15-6-4-9(5-7-15)14(2)3/h9H,4-7H2,1-3H3,(H,16,17). The van der Waals surface area contributed by atoms with Crippen LogP contribution in [0.15, 0.2) is 0 Å². The van der Waals surface area contributed by atoms with Gasteiger partial charge in [0.15, 0.2) is 5.13 Å². The van der Waals surface area contributed by atoms with Crippen LogP contribution in [0.2, 0.25) is 0 Å². The van der Waals surface area contributed by atoms with Crippen molar-refractivity contribution in [2.45, 2.75) is 25.8 Å². The fourth-order valence-corrected chi connectivity index (χ4v) is 3.25. The van der Waals surface area contributed by atoms with Crippen LogP contribution in [0, 0.1) is 6.92 Å². The van der Waals surface area contributed by atoms with E-state index >= 15 is 0 Å². The van der Waals surface area contributed by atoms with Crippen LogP contribution in [0.4, 0.5) is 5.13 Å². The van der Waals surface area contributed by atoms with Gasteiger partial charge in [0.25, 0.3) is 0 Å². The van der Waals surface area contributed by atoms with E-state index in [9.17, 15) is 4.79 Å². The largest absolute Gasteiger partial charge is 0.477 e. The lowest BCUT2D eigenvalue weighted by molar-refractivity contribution is 0.0701. The Bertz CT molecular complexity index is 437. The topological polar surface area (TPSA) is 56.7 Å². The number of anilines is 1. The summed E-state index contributed by atoms with van der Waals surface area (Å²) in [5.74, 6) is -0.876. The first-order chi connectivity index (χ1) is 8.49. The van der Waals surface area contributed by atoms with E-state index in [1.54, 1.807) is 6.92 Å². The van der Waals surface area contributed by atoms with Crippen LogP contribution >= 0.6 is 11.3 Å². The summed E-state index contributed by atoms with van der Waals surface area (Å²) in [6.07, 6.45) is 2.21. The highest BCUT2D eigenvalue weighted by Crippen LogP contribution is 2.28. The van der Waals surface area contributed by atoms with E-state index in [2.05, 4.69) is 28.9 Å². The molecule has 2 heterocycles. The Morgan fingerprint density at radius 3 is 2.50 bits per heavy atom. The van der Waals surface area contributed by atoms with Gasteiger partial charge in [0.1, 0.15) is 4.88 Å². The molecule has 1 fully saturated rings. The number of carboxylic acid groups (broad SMARTS) is 1. The Hall–Kier alpha value is -1.14. The number of carboxylic acids is 1. The van der Waals surface area contributed by atoms with Crippen LogP contribution in [0.25, 0.3) is 0 Å². The van der Waals surface area contributed by atoms with Crippen LogP contribution < -0.4 is 4.90 Å². The smallest absolute Gasteiger partial charge is 0.347 e. The molecule has 0 aliphatic carbocycles. The van der Waals surface area contributed by atoms with Crippen molar-refractivity contribution in [1.29, 1.82) is 0 Å². The molecule has 0 amide bonds. The Balaban J connectivity index is 2.06. The van der Waals surface area contributed by atoms with Gasteiger partial charge >= 0.3 is 5.97 Å². The summed E-state index contributed by atoms with van der Waals surface area (Å²) in [5, 5.41) is 9.89. The summed E-state index contributed by atoms with van der Waals surface area (Å²) < 4.78 is 0. The van der Waals surface area contributed by atoms with E-state index in [1.165, 1.54) is 11.3 Å². The molecule has 0 spiro atoms. The Labute approximate surface area is 111 Å². The maximum Gasteiger partial charge on any atom is 0.347 e. The number of aryl methyl sites for hydroxylation is 1. The molecule has 1 aliphatic rings. The van der Waals surface area contributed by atoms with Crippen molar-refractivity contribution in [2.75, 3.05) is 32.1 Å². The number of carbonyl (C=O) groups is 1. The van der Waals surface area contributed by atoms with Crippen LogP contribution in [0.5, 0.6) is 0 Å². The van der Waals surface area contributed by atoms with Crippen molar-refractivity contribution < 1.29 is 9.90 Å². The van der Waals surface area contributed by atoms with Gasteiger partial charge in [-0.05, 0) is 33.9 Å². The number of nitrogens with zero attached hydrogens (tertiary/aromatic N) is 3. The fraction of sp³-hybridized carbons (Fsp3) is 0.667. The third-order valence-corrected chi connectivity index (χ3v) is 4.65. The van der Waals surface area contributed by atoms with Crippen molar-refractivity contribution in [1.82, 2.24) is 9.88 Å². The summed E-state index contributed by atoms with van der Waals surface area (Å²) >= 11 is 1.29. The van der Waals surface area contributed by atoms with Gasteiger partial charge in [0.05, 0.1) is 5.69 Å². The minimum atomic E-state index is -0.876. The van der Waals surface area contributed by atoms with Gasteiger partial charge in [-0.1, -0.05) is 11.3 Å². The van der Waals surface area contributed by atoms with Crippen molar-refractivity contribution >= 4 is 22.4 Å². The molecule has 1 aromatic heterocycles. The normalized spacial score (nSPS) is 17.4. The quantitative estimate of drug-likeness (QED) is 0.904. The molecule has 0 unspecified atom stereocenters. The van der Waals surface area contributed by atoms with E-state index in [4.69, 9.17) is 5.11 Å². The first-order valence-electron chi connectivity index (χ1n) is 6.11. The molecule has 0 atom stereocenters. The SMILES string of the molecule is Cc1nc(N2CCC(N(C)C)CC2)sc1C(=O)O. The number of rotatable bonds is 3. The number of hydrogen-bond acceptors (Lipinski definition) is 5. The summed E-state index contributed by atoms with van der Waals surface area (Å²) in [4.78, 5) is 20.2. The number of aromatic nitrogens is 1. The lowest BCUT2D eigenvalue weighted by Gasteiger charge is -2.35. The first kappa shape index (κ1) is 13.3. The van der Waals surface area contributed by atoms with E-state index in [-0.39, 0.29) is 0 Å². The summed E-state index contributed by atoms with van der Waals surface area (Å²) in [6.45, 7) is 3.67. The maximum absolute atomic E-state index is 11.0. The van der Waals surface area contributed by atoms with E-state index in [1.807, 2.05) is 0 Å². The zero-order chi connectivity index (χ0) is 13.3. The number of thiazole rings is 1. The second kappa shape index (κ2) is 5.24. The zero-order valence-electron chi connectivity index (χ0n) is 11.0. The van der Waals surface area contributed by atoms with Crippen LogP contribution in [-0.4, -0.2) is 54.2 Å². The average Bonchev–Trinajstić information content (AvgIpc) is 2.71. The lowest BCUT2D eigenvalue weighted by Crippen LogP contribution is -2.41. The van der Waals surface area contributed by atoms with Gasteiger partial charge in [-0.3, -0.25) is 0 Å². The first-order valence-corrected chi connectivity index (χ1v) is 6.92. The second-order valence-corrected chi connectivity index (χ2v) is 5.88. The minimum absolute atomic E-state index is 0.361. The van der Waals surface area contributed by atoms with Crippen LogP contribution in [-0.2, 0) is 0 Å². The molecule has 1 N–H and O–H groups in total. The minimum Gasteiger partial charge on any atom is -0.477 e. The Morgan fingerprint density at radius 1 is 1.44 bits per heavy atom. The van der Waals surface area contributed by atoms with Gasteiger partial charge in [-0.15, -0.1) is 0 Å². The van der Waals surface area contributed by atoms with Crippen molar-refractivity contribution in [3.05, 3.63) is 10.6 Å². The molecule has 0 radical (unpaired) electrons. The van der Waals surface area contributed by atoms with Crippen molar-refractivity contribution in [2.24, 2.45) is 0 Å². The molecule has 1 saturated heterocycles. The molecule has 1 aromatic rings. The molecular weight excluding hydrogens is 250 g/mol. The van der Waals surface area contributed by atoms with Crippen LogP contribution in [0.3, 0.4) is 0 Å². The summed E-state index contributed by atoms with van der Waals surface area (Å²) in [7, 11) is 4.22. The van der Waals surface area contributed by atoms with Gasteiger partial charge < -0.3 is 14.9 Å². The second-order valence-electron chi connectivity index (χ2n) is 4.90. The van der Waals surface area contributed by atoms with Crippen molar-refractivity contribution in [3.8, 4) is 0 Å². The van der Waals surface area contributed by atoms with Crippen LogP contribution in [0.1, 0.15) is 28.2 Å². The third-order valence-electron chi connectivity index (χ3n) is 3.44. The van der Waals surface area contributed by atoms with Gasteiger partial charge in [0.2, 0.25) is 0 Å². The molecule has 0 saturated carbocycles. The van der Waals surface area contributed by atoms with Gasteiger partial charge in [0, 0.05) is 19.1 Å². The number of hydrogen-bond donors (Lipinski definition) is 1. The van der Waals surface area contributed by atoms with E-state index in [0.717, 1.165) is 31.1 Å². The lowest BCUT2D eigenvalue weighted by atomic mass is 10.0. The molecule has 1 aliphatic heterocycles. The predicted molar refractivity (Wildman–Crippen MR) is 72.7 cm³/mol. The molecule has 0 aromatic carbocycles. The molecular formula is C12H19N3O2S. The molecule has 5 nitrogen and oxygen atoms in total. The highest BCUT2D eigenvalue weighted by atomic mass is 32.1. The third kappa shape index (κ3) is 2.64. The Morgan fingerprint density at radius 2 is 2.06 bits per heavy atom. The van der Waals surface area contributed by atoms with Crippen molar-refractivity contribution in [3.63, 3.8) is 0 Å². The summed E-state index contributed by atoms with van der Waals surface area (Å²) in [6, 6.07) is 0.626. The van der Waals surface area contributed by atoms with E-state index < -0.39 is 5.97 Å². The van der Waals surface area contributed by atoms with Gasteiger partial charge in [-0.25, -0.2) is 9.78 Å². The highest BCUT2D eigenvalue weighted by molar-refractivity contribution is 7.17. The molecule has 0 bridgehead atoms. The fourth-order valence-electron chi connectivity index (χ4n) is 2.29. The highest BCUT2D eigenvalue weighted by Gasteiger charge is 2.24. The monoisotopic (exact) mass is 269 g/mol. The zero-order valence-corrected chi connectivity index (χ0v) is 11.8. The van der Waals surface area contributed by atoms with Gasteiger partial charge in [-0.2, -0.15) is 0 Å². The predicted octanol–water partition coefficient (Wildman–Crippen LogP) is 1.68. The molecule has 100 valence electrons. The number of aromatic carboxylic acids is 1.